The first-order valence-electron chi connectivity index (χ1n) is 12.5. The molecule has 0 saturated heterocycles. The van der Waals surface area contributed by atoms with Gasteiger partial charge < -0.3 is 9.80 Å². The van der Waals surface area contributed by atoms with Crippen LogP contribution in [-0.4, -0.2) is 48.9 Å². The first-order valence-corrected chi connectivity index (χ1v) is 12.5. The number of hydrogen-bond acceptors (Lipinski definition) is 2. The van der Waals surface area contributed by atoms with E-state index in [9.17, 15) is 4.79 Å². The highest BCUT2D eigenvalue weighted by Gasteiger charge is 2.61. The average molecular weight is 403 g/mol. The highest BCUT2D eigenvalue weighted by atomic mass is 16.2. The lowest BCUT2D eigenvalue weighted by atomic mass is 9.44. The van der Waals surface area contributed by atoms with Crippen LogP contribution >= 0.6 is 0 Å². The maximum Gasteiger partial charge on any atom is 0.219 e. The molecule has 4 aliphatic rings. The first kappa shape index (κ1) is 21.7. The van der Waals surface area contributed by atoms with Gasteiger partial charge in [0.15, 0.2) is 0 Å². The standard InChI is InChI=1S/C26H46N2O/c1-17(28(7)18(2)29)22-10-11-23-21-9-8-19-16-20(27(5)6)12-14-25(19,3)24(21)13-15-26(22,23)4/h17,19-24H,8-16H2,1-7H3/t17-,19-,20-,21-,22+,23+,24-,25-,26+/m0/s1. The van der Waals surface area contributed by atoms with Gasteiger partial charge in [0.25, 0.3) is 0 Å². The highest BCUT2D eigenvalue weighted by molar-refractivity contribution is 5.73. The zero-order valence-corrected chi connectivity index (χ0v) is 20.2. The van der Waals surface area contributed by atoms with Crippen molar-refractivity contribution in [3.8, 4) is 0 Å². The van der Waals surface area contributed by atoms with Gasteiger partial charge >= 0.3 is 0 Å². The second-order valence-corrected chi connectivity index (χ2v) is 12.1. The predicted molar refractivity (Wildman–Crippen MR) is 121 cm³/mol. The Bertz CT molecular complexity index is 632. The molecule has 4 saturated carbocycles. The quantitative estimate of drug-likeness (QED) is 0.627. The molecule has 3 heteroatoms. The summed E-state index contributed by atoms with van der Waals surface area (Å²) in [6.07, 6.45) is 12.7. The number of rotatable bonds is 3. The van der Waals surface area contributed by atoms with Gasteiger partial charge in [0.1, 0.15) is 0 Å². The normalized spacial score (nSPS) is 47.9. The van der Waals surface area contributed by atoms with Crippen LogP contribution in [0.2, 0.25) is 0 Å². The van der Waals surface area contributed by atoms with Gasteiger partial charge in [0.2, 0.25) is 5.91 Å². The average Bonchev–Trinajstić information content (AvgIpc) is 3.03. The number of fused-ring (bicyclic) bond motifs is 5. The second-order valence-electron chi connectivity index (χ2n) is 12.1. The zero-order chi connectivity index (χ0) is 21.1. The Morgan fingerprint density at radius 1 is 0.897 bits per heavy atom. The third-order valence-electron chi connectivity index (χ3n) is 11.1. The molecule has 0 spiro atoms. The van der Waals surface area contributed by atoms with Crippen molar-refractivity contribution < 1.29 is 4.79 Å². The van der Waals surface area contributed by atoms with E-state index in [-0.39, 0.29) is 5.91 Å². The van der Waals surface area contributed by atoms with E-state index in [2.05, 4.69) is 39.8 Å². The van der Waals surface area contributed by atoms with Crippen molar-refractivity contribution in [2.24, 2.45) is 40.4 Å². The summed E-state index contributed by atoms with van der Waals surface area (Å²) in [6.45, 7) is 9.33. The van der Waals surface area contributed by atoms with Crippen molar-refractivity contribution in [2.45, 2.75) is 97.6 Å². The van der Waals surface area contributed by atoms with Gasteiger partial charge in [-0.15, -0.1) is 0 Å². The van der Waals surface area contributed by atoms with Crippen LogP contribution in [0.5, 0.6) is 0 Å². The monoisotopic (exact) mass is 402 g/mol. The van der Waals surface area contributed by atoms with Crippen molar-refractivity contribution in [1.82, 2.24) is 9.80 Å². The predicted octanol–water partition coefficient (Wildman–Crippen LogP) is 5.44. The van der Waals surface area contributed by atoms with Crippen LogP contribution in [0.25, 0.3) is 0 Å². The molecule has 1 amide bonds. The lowest BCUT2D eigenvalue weighted by Crippen LogP contribution is -2.56. The van der Waals surface area contributed by atoms with Gasteiger partial charge in [-0.25, -0.2) is 0 Å². The van der Waals surface area contributed by atoms with Gasteiger partial charge in [-0.1, -0.05) is 13.8 Å². The molecule has 0 bridgehead atoms. The molecule has 4 fully saturated rings. The Hall–Kier alpha value is -0.570. The summed E-state index contributed by atoms with van der Waals surface area (Å²) in [5.41, 5.74) is 1.02. The minimum absolute atomic E-state index is 0.226. The topological polar surface area (TPSA) is 23.6 Å². The van der Waals surface area contributed by atoms with E-state index in [1.54, 1.807) is 6.92 Å². The van der Waals surface area contributed by atoms with Gasteiger partial charge in [-0.3, -0.25) is 4.79 Å². The summed E-state index contributed by atoms with van der Waals surface area (Å²) >= 11 is 0. The third-order valence-corrected chi connectivity index (χ3v) is 11.1. The Morgan fingerprint density at radius 3 is 2.21 bits per heavy atom. The van der Waals surface area contributed by atoms with Crippen LogP contribution < -0.4 is 0 Å². The fourth-order valence-corrected chi connectivity index (χ4v) is 9.09. The maximum absolute atomic E-state index is 12.0. The van der Waals surface area contributed by atoms with Crippen molar-refractivity contribution >= 4 is 5.91 Å². The van der Waals surface area contributed by atoms with Gasteiger partial charge in [0, 0.05) is 26.1 Å². The third kappa shape index (κ3) is 3.29. The molecule has 0 unspecified atom stereocenters. The fraction of sp³-hybridized carbons (Fsp3) is 0.962. The molecule has 0 aromatic carbocycles. The molecule has 166 valence electrons. The molecule has 4 rings (SSSR count). The van der Waals surface area contributed by atoms with Crippen LogP contribution in [-0.2, 0) is 4.79 Å². The van der Waals surface area contributed by atoms with E-state index in [1.165, 1.54) is 57.8 Å². The smallest absolute Gasteiger partial charge is 0.219 e. The SMILES string of the molecule is CC(=O)N(C)[C@@H](C)[C@H]1CC[C@@H]2[C@@H]3CC[C@H]4C[C@@H](N(C)C)CC[C@]4(C)[C@H]3CC[C@@]21C. The Labute approximate surface area is 180 Å². The second kappa shape index (κ2) is 7.53. The zero-order valence-electron chi connectivity index (χ0n) is 20.2. The highest BCUT2D eigenvalue weighted by Crippen LogP contribution is 2.68. The molecule has 3 nitrogen and oxygen atoms in total. The molecule has 0 N–H and O–H groups in total. The Morgan fingerprint density at radius 2 is 1.55 bits per heavy atom. The molecule has 4 aliphatic carbocycles. The molecular formula is C26H46N2O. The van der Waals surface area contributed by atoms with Crippen LogP contribution in [0.4, 0.5) is 0 Å². The summed E-state index contributed by atoms with van der Waals surface area (Å²) in [5, 5.41) is 0. The number of amides is 1. The van der Waals surface area contributed by atoms with E-state index in [0.717, 1.165) is 29.7 Å². The van der Waals surface area contributed by atoms with E-state index in [0.29, 0.717) is 22.8 Å². The fourth-order valence-electron chi connectivity index (χ4n) is 9.09. The number of hydrogen-bond donors (Lipinski definition) is 0. The minimum atomic E-state index is 0.226. The molecule has 0 aromatic rings. The molecular weight excluding hydrogens is 356 g/mol. The summed E-state index contributed by atoms with van der Waals surface area (Å²) in [7, 11) is 6.58. The molecule has 0 radical (unpaired) electrons. The Balaban J connectivity index is 1.53. The van der Waals surface area contributed by atoms with E-state index in [1.807, 2.05) is 11.9 Å². The summed E-state index contributed by atoms with van der Waals surface area (Å²) in [5.74, 6) is 4.61. The van der Waals surface area contributed by atoms with E-state index >= 15 is 0 Å². The minimum Gasteiger partial charge on any atom is -0.343 e. The number of carbonyl (C=O) groups is 1. The molecule has 9 atom stereocenters. The molecule has 0 heterocycles. The van der Waals surface area contributed by atoms with Crippen molar-refractivity contribution in [3.05, 3.63) is 0 Å². The largest absolute Gasteiger partial charge is 0.343 e. The molecule has 0 aromatic heterocycles. The molecule has 0 aliphatic heterocycles. The lowest BCUT2D eigenvalue weighted by Gasteiger charge is -2.62. The Kier molecular flexibility index (Phi) is 5.63. The van der Waals surface area contributed by atoms with Crippen molar-refractivity contribution in [1.29, 1.82) is 0 Å². The summed E-state index contributed by atoms with van der Waals surface area (Å²) in [4.78, 5) is 16.5. The van der Waals surface area contributed by atoms with Crippen LogP contribution in [0, 0.1) is 40.4 Å². The summed E-state index contributed by atoms with van der Waals surface area (Å²) in [6, 6.07) is 1.18. The van der Waals surface area contributed by atoms with Crippen molar-refractivity contribution in [2.75, 3.05) is 21.1 Å². The van der Waals surface area contributed by atoms with E-state index < -0.39 is 0 Å². The van der Waals surface area contributed by atoms with Gasteiger partial charge in [0.05, 0.1) is 0 Å². The van der Waals surface area contributed by atoms with Gasteiger partial charge in [-0.2, -0.15) is 0 Å². The van der Waals surface area contributed by atoms with Gasteiger partial charge in [-0.05, 0) is 119 Å². The van der Waals surface area contributed by atoms with Crippen LogP contribution in [0.1, 0.15) is 85.5 Å². The van der Waals surface area contributed by atoms with E-state index in [4.69, 9.17) is 0 Å². The number of nitrogens with zero attached hydrogens (tertiary/aromatic N) is 2. The first-order chi connectivity index (χ1) is 13.6. The van der Waals surface area contributed by atoms with Crippen molar-refractivity contribution in [3.63, 3.8) is 0 Å². The lowest BCUT2D eigenvalue weighted by molar-refractivity contribution is -0.135. The number of carbonyl (C=O) groups excluding carboxylic acids is 1. The van der Waals surface area contributed by atoms with Crippen LogP contribution in [0.3, 0.4) is 0 Å². The maximum atomic E-state index is 12.0. The molecule has 29 heavy (non-hydrogen) atoms. The van der Waals surface area contributed by atoms with Crippen LogP contribution in [0.15, 0.2) is 0 Å². The summed E-state index contributed by atoms with van der Waals surface area (Å²) < 4.78 is 0.